The van der Waals surface area contributed by atoms with Gasteiger partial charge in [-0.15, -0.1) is 11.3 Å². The molecule has 2 unspecified atom stereocenters. The van der Waals surface area contributed by atoms with E-state index in [1.807, 2.05) is 11.3 Å². The van der Waals surface area contributed by atoms with Gasteiger partial charge in [0.25, 0.3) is 0 Å². The fourth-order valence-electron chi connectivity index (χ4n) is 3.43. The molecule has 6 heteroatoms. The quantitative estimate of drug-likeness (QED) is 0.549. The Morgan fingerprint density at radius 2 is 2.24 bits per heavy atom. The fraction of sp³-hybridized carbons (Fsp3) is 0.737. The summed E-state index contributed by atoms with van der Waals surface area (Å²) in [5, 5.41) is 9.05. The smallest absolute Gasteiger partial charge is 0.191 e. The summed E-state index contributed by atoms with van der Waals surface area (Å²) < 4.78 is 0. The predicted octanol–water partition coefficient (Wildman–Crippen LogP) is 2.64. The number of piperidine rings is 1. The van der Waals surface area contributed by atoms with Crippen LogP contribution in [0.25, 0.3) is 0 Å². The van der Waals surface area contributed by atoms with Gasteiger partial charge in [0.1, 0.15) is 0 Å². The molecule has 0 saturated carbocycles. The molecule has 2 atom stereocenters. The molecule has 2 heterocycles. The Balaban J connectivity index is 1.96. The molecular formula is C19H35N5S. The normalized spacial score (nSPS) is 22.4. The van der Waals surface area contributed by atoms with E-state index < -0.39 is 0 Å². The van der Waals surface area contributed by atoms with Crippen molar-refractivity contribution in [2.45, 2.75) is 32.7 Å². The van der Waals surface area contributed by atoms with Crippen LogP contribution in [0.5, 0.6) is 0 Å². The van der Waals surface area contributed by atoms with E-state index in [1.165, 1.54) is 24.3 Å². The van der Waals surface area contributed by atoms with Crippen LogP contribution in [-0.4, -0.2) is 69.1 Å². The number of hydrogen-bond acceptors (Lipinski definition) is 4. The molecule has 1 aromatic heterocycles. The van der Waals surface area contributed by atoms with E-state index in [-0.39, 0.29) is 0 Å². The average Bonchev–Trinajstić information content (AvgIpc) is 3.13. The summed E-state index contributed by atoms with van der Waals surface area (Å²) in [6.45, 7) is 10.3. The third-order valence-corrected chi connectivity index (χ3v) is 5.94. The Kier molecular flexibility index (Phi) is 8.72. The van der Waals surface area contributed by atoms with E-state index in [0.717, 1.165) is 38.7 Å². The van der Waals surface area contributed by atoms with Gasteiger partial charge in [0.15, 0.2) is 5.96 Å². The minimum Gasteiger partial charge on any atom is -0.357 e. The lowest BCUT2D eigenvalue weighted by Crippen LogP contribution is -2.42. The molecule has 25 heavy (non-hydrogen) atoms. The molecule has 1 aliphatic rings. The maximum absolute atomic E-state index is 4.91. The van der Waals surface area contributed by atoms with Crippen molar-refractivity contribution in [2.24, 2.45) is 10.9 Å². The number of thiophene rings is 1. The molecule has 0 aliphatic carbocycles. The topological polar surface area (TPSA) is 42.9 Å². The Labute approximate surface area is 157 Å². The molecule has 2 N–H and O–H groups in total. The first-order chi connectivity index (χ1) is 12.2. The highest BCUT2D eigenvalue weighted by Crippen LogP contribution is 2.37. The van der Waals surface area contributed by atoms with Crippen LogP contribution < -0.4 is 10.6 Å². The number of likely N-dealkylation sites (N-methyl/N-ethyl adjacent to an activating group) is 1. The molecule has 1 aromatic rings. The van der Waals surface area contributed by atoms with Crippen molar-refractivity contribution in [3.05, 3.63) is 22.4 Å². The second kappa shape index (κ2) is 10.8. The van der Waals surface area contributed by atoms with Gasteiger partial charge in [0.2, 0.25) is 0 Å². The van der Waals surface area contributed by atoms with E-state index >= 15 is 0 Å². The van der Waals surface area contributed by atoms with Crippen LogP contribution >= 0.6 is 11.3 Å². The van der Waals surface area contributed by atoms with Gasteiger partial charge >= 0.3 is 0 Å². The summed E-state index contributed by atoms with van der Waals surface area (Å²) in [5.41, 5.74) is 0. The summed E-state index contributed by atoms with van der Waals surface area (Å²) in [6.07, 6.45) is 2.53. The summed E-state index contributed by atoms with van der Waals surface area (Å²) in [5.74, 6) is 1.54. The SMILES string of the molecule is CCNC(=NCC1CCCN(C)C1c1cccs1)NCCN(C)CC. The van der Waals surface area contributed by atoms with Crippen LogP contribution in [0.1, 0.15) is 37.6 Å². The molecular weight excluding hydrogens is 330 g/mol. The second-order valence-corrected chi connectivity index (χ2v) is 7.86. The summed E-state index contributed by atoms with van der Waals surface area (Å²) in [4.78, 5) is 11.2. The Morgan fingerprint density at radius 3 is 2.92 bits per heavy atom. The molecule has 142 valence electrons. The van der Waals surface area contributed by atoms with Crippen LogP contribution in [0.4, 0.5) is 0 Å². The highest BCUT2D eigenvalue weighted by molar-refractivity contribution is 7.10. The Hall–Kier alpha value is -1.11. The maximum atomic E-state index is 4.91. The summed E-state index contributed by atoms with van der Waals surface area (Å²) in [7, 11) is 4.40. The molecule has 0 radical (unpaired) electrons. The van der Waals surface area contributed by atoms with Gasteiger partial charge < -0.3 is 15.5 Å². The lowest BCUT2D eigenvalue weighted by Gasteiger charge is -2.38. The molecule has 1 fully saturated rings. The van der Waals surface area contributed by atoms with Gasteiger partial charge in [0.05, 0.1) is 0 Å². The lowest BCUT2D eigenvalue weighted by atomic mass is 9.88. The van der Waals surface area contributed by atoms with Gasteiger partial charge in [-0.25, -0.2) is 0 Å². The number of rotatable bonds is 8. The minimum atomic E-state index is 0.506. The number of guanidine groups is 1. The molecule has 0 spiro atoms. The van der Waals surface area contributed by atoms with Crippen LogP contribution in [0.15, 0.2) is 22.5 Å². The van der Waals surface area contributed by atoms with Crippen molar-refractivity contribution in [1.29, 1.82) is 0 Å². The number of hydrogen-bond donors (Lipinski definition) is 2. The fourth-order valence-corrected chi connectivity index (χ4v) is 4.42. The molecule has 5 nitrogen and oxygen atoms in total. The zero-order valence-corrected chi connectivity index (χ0v) is 17.1. The number of likely N-dealkylation sites (tertiary alicyclic amines) is 1. The number of nitrogens with one attached hydrogen (secondary N) is 2. The van der Waals surface area contributed by atoms with Crippen molar-refractivity contribution < 1.29 is 0 Å². The standard InChI is InChI=1S/C19H35N5S/c1-5-20-19(21-11-13-23(3)6-2)22-15-16-9-7-12-24(4)18(16)17-10-8-14-25-17/h8,10,14,16,18H,5-7,9,11-13,15H2,1-4H3,(H2,20,21,22). The van der Waals surface area contributed by atoms with Crippen LogP contribution in [0.2, 0.25) is 0 Å². The third kappa shape index (κ3) is 6.28. The van der Waals surface area contributed by atoms with E-state index in [0.29, 0.717) is 12.0 Å². The van der Waals surface area contributed by atoms with Crippen molar-refractivity contribution in [2.75, 3.05) is 53.4 Å². The Bertz CT molecular complexity index is 502. The van der Waals surface area contributed by atoms with E-state index in [2.05, 4.69) is 65.9 Å². The second-order valence-electron chi connectivity index (χ2n) is 6.89. The van der Waals surface area contributed by atoms with Gasteiger partial charge in [0, 0.05) is 37.1 Å². The first-order valence-corrected chi connectivity index (χ1v) is 10.5. The highest BCUT2D eigenvalue weighted by Gasteiger charge is 2.31. The van der Waals surface area contributed by atoms with Crippen molar-refractivity contribution >= 4 is 17.3 Å². The molecule has 1 aliphatic heterocycles. The maximum Gasteiger partial charge on any atom is 0.191 e. The molecule has 0 amide bonds. The molecule has 1 saturated heterocycles. The van der Waals surface area contributed by atoms with Gasteiger partial charge in [-0.1, -0.05) is 13.0 Å². The van der Waals surface area contributed by atoms with E-state index in [9.17, 15) is 0 Å². The van der Waals surface area contributed by atoms with E-state index in [4.69, 9.17) is 4.99 Å². The number of aliphatic imine (C=N–C) groups is 1. The van der Waals surface area contributed by atoms with Gasteiger partial charge in [-0.05, 0) is 64.3 Å². The highest BCUT2D eigenvalue weighted by atomic mass is 32.1. The summed E-state index contributed by atoms with van der Waals surface area (Å²) >= 11 is 1.87. The first kappa shape index (κ1) is 20.2. The van der Waals surface area contributed by atoms with Crippen LogP contribution in [0, 0.1) is 5.92 Å². The Morgan fingerprint density at radius 1 is 1.40 bits per heavy atom. The minimum absolute atomic E-state index is 0.506. The van der Waals surface area contributed by atoms with Crippen molar-refractivity contribution in [3.8, 4) is 0 Å². The molecule has 0 aromatic carbocycles. The van der Waals surface area contributed by atoms with Crippen molar-refractivity contribution in [1.82, 2.24) is 20.4 Å². The lowest BCUT2D eigenvalue weighted by molar-refractivity contribution is 0.128. The van der Waals surface area contributed by atoms with E-state index in [1.54, 1.807) is 0 Å². The number of nitrogens with zero attached hydrogens (tertiary/aromatic N) is 3. The molecule has 0 bridgehead atoms. The van der Waals surface area contributed by atoms with Crippen molar-refractivity contribution in [3.63, 3.8) is 0 Å². The van der Waals surface area contributed by atoms with Crippen LogP contribution in [0.3, 0.4) is 0 Å². The average molecular weight is 366 g/mol. The van der Waals surface area contributed by atoms with Crippen LogP contribution in [-0.2, 0) is 0 Å². The predicted molar refractivity (Wildman–Crippen MR) is 110 cm³/mol. The largest absolute Gasteiger partial charge is 0.357 e. The third-order valence-electron chi connectivity index (χ3n) is 5.00. The zero-order valence-electron chi connectivity index (χ0n) is 16.3. The zero-order chi connectivity index (χ0) is 18.1. The molecule has 2 rings (SSSR count). The van der Waals surface area contributed by atoms with Gasteiger partial charge in [-0.3, -0.25) is 9.89 Å². The van der Waals surface area contributed by atoms with Gasteiger partial charge in [-0.2, -0.15) is 0 Å². The first-order valence-electron chi connectivity index (χ1n) is 9.60. The monoisotopic (exact) mass is 365 g/mol. The summed E-state index contributed by atoms with van der Waals surface area (Å²) in [6, 6.07) is 4.95.